The van der Waals surface area contributed by atoms with Gasteiger partial charge in [0.2, 0.25) is 18.3 Å². The van der Waals surface area contributed by atoms with E-state index < -0.39 is 18.4 Å². The number of carbonyl (C=O) groups is 2. The van der Waals surface area contributed by atoms with Gasteiger partial charge in [-0.2, -0.15) is 4.98 Å². The number of esters is 1. The van der Waals surface area contributed by atoms with Crippen LogP contribution in [0.1, 0.15) is 41.0 Å². The van der Waals surface area contributed by atoms with Crippen molar-refractivity contribution < 1.29 is 42.7 Å². The molecule has 0 saturated carbocycles. The highest BCUT2D eigenvalue weighted by molar-refractivity contribution is 5.72. The van der Waals surface area contributed by atoms with E-state index in [1.807, 2.05) is 20.8 Å². The van der Waals surface area contributed by atoms with Crippen molar-refractivity contribution in [2.45, 2.75) is 59.5 Å². The van der Waals surface area contributed by atoms with Gasteiger partial charge < -0.3 is 34.7 Å². The van der Waals surface area contributed by atoms with Crippen molar-refractivity contribution in [3.63, 3.8) is 0 Å². The highest BCUT2D eigenvalue weighted by atomic mass is 16.8. The van der Waals surface area contributed by atoms with E-state index in [0.29, 0.717) is 55.0 Å². The number of nitrogens with two attached hydrogens (primary N) is 1. The number of nitrogens with zero attached hydrogens (tertiary/aromatic N) is 4. The fraction of sp³-hybridized carbons (Fsp3) is 0.652. The fourth-order valence-electron chi connectivity index (χ4n) is 3.23. The van der Waals surface area contributed by atoms with Crippen LogP contribution in [0, 0.1) is 5.92 Å². The van der Waals surface area contributed by atoms with Crippen LogP contribution < -0.4 is 11.1 Å². The SMILES string of the molecule is CC(C)COC(=O)CNC1=C(CCOC(C)C[N+]2=Nc3c(N)ncnc32)OC1OCOC(=O)OC(C)C. The van der Waals surface area contributed by atoms with Gasteiger partial charge in [-0.25, -0.2) is 4.79 Å². The molecular weight excluding hydrogens is 488 g/mol. The largest absolute Gasteiger partial charge is 0.510 e. The van der Waals surface area contributed by atoms with E-state index in [0.717, 1.165) is 0 Å². The number of ether oxygens (including phenoxy) is 6. The van der Waals surface area contributed by atoms with Crippen molar-refractivity contribution >= 4 is 29.4 Å². The molecule has 0 amide bonds. The number of rotatable bonds is 15. The molecule has 2 unspecified atom stereocenters. The number of hydrogen-bond acceptors (Lipinski definition) is 13. The Labute approximate surface area is 215 Å². The van der Waals surface area contributed by atoms with E-state index in [4.69, 9.17) is 34.2 Å². The van der Waals surface area contributed by atoms with Crippen LogP contribution >= 0.6 is 0 Å². The molecule has 37 heavy (non-hydrogen) atoms. The van der Waals surface area contributed by atoms with Crippen LogP contribution in [0.25, 0.3) is 0 Å². The molecule has 3 heterocycles. The standard InChI is InChI=1S/C23H34N6O8/c1-13(2)10-33-17(30)8-25-18-16(37-22(18)34-12-35-23(31)36-14(3)4)6-7-32-15(5)9-29-21-19(28-29)20(24)26-11-27-21/h11,13-15,22,24-25H,6-10,12H2,1-5H3/p+1. The van der Waals surface area contributed by atoms with Crippen molar-refractivity contribution in [2.24, 2.45) is 11.0 Å². The first-order valence-corrected chi connectivity index (χ1v) is 12.1. The lowest BCUT2D eigenvalue weighted by atomic mass is 10.2. The lowest BCUT2D eigenvalue weighted by Crippen LogP contribution is -2.42. The maximum absolute atomic E-state index is 12.0. The first-order chi connectivity index (χ1) is 17.6. The minimum absolute atomic E-state index is 0.0663. The third-order valence-corrected chi connectivity index (χ3v) is 4.97. The Morgan fingerprint density at radius 3 is 2.70 bits per heavy atom. The van der Waals surface area contributed by atoms with E-state index in [2.05, 4.69) is 20.4 Å². The predicted octanol–water partition coefficient (Wildman–Crippen LogP) is 2.49. The van der Waals surface area contributed by atoms with Gasteiger partial charge in [-0.3, -0.25) is 9.53 Å². The zero-order chi connectivity index (χ0) is 26.9. The molecule has 1 aromatic rings. The third-order valence-electron chi connectivity index (χ3n) is 4.97. The summed E-state index contributed by atoms with van der Waals surface area (Å²) in [5, 5.41) is 7.29. The maximum Gasteiger partial charge on any atom is 0.510 e. The average Bonchev–Trinajstić information content (AvgIpc) is 2.80. The Morgan fingerprint density at radius 2 is 1.97 bits per heavy atom. The molecule has 2 aliphatic rings. The number of fused-ring (bicyclic) bond motifs is 1. The summed E-state index contributed by atoms with van der Waals surface area (Å²) in [5.41, 5.74) is 6.90. The monoisotopic (exact) mass is 523 g/mol. The molecule has 14 nitrogen and oxygen atoms in total. The predicted molar refractivity (Wildman–Crippen MR) is 128 cm³/mol. The quantitative estimate of drug-likeness (QED) is 0.196. The van der Waals surface area contributed by atoms with Gasteiger partial charge in [0.15, 0.2) is 12.6 Å². The zero-order valence-corrected chi connectivity index (χ0v) is 21.8. The van der Waals surface area contributed by atoms with E-state index in [9.17, 15) is 9.59 Å². The first-order valence-electron chi connectivity index (χ1n) is 12.1. The Morgan fingerprint density at radius 1 is 1.19 bits per heavy atom. The Bertz CT molecular complexity index is 1030. The topological polar surface area (TPSA) is 169 Å². The Balaban J connectivity index is 1.47. The second-order valence-corrected chi connectivity index (χ2v) is 9.11. The van der Waals surface area contributed by atoms with E-state index in [1.165, 1.54) is 6.33 Å². The smallest absolute Gasteiger partial charge is 0.464 e. The summed E-state index contributed by atoms with van der Waals surface area (Å²) in [6, 6.07) is 0. The number of aromatic nitrogens is 2. The molecule has 2 aliphatic heterocycles. The molecule has 0 bridgehead atoms. The van der Waals surface area contributed by atoms with E-state index in [-0.39, 0.29) is 31.5 Å². The molecule has 0 radical (unpaired) electrons. The molecule has 3 rings (SSSR count). The molecule has 2 atom stereocenters. The molecular formula is C23H35N6O8+. The van der Waals surface area contributed by atoms with Gasteiger partial charge in [0, 0.05) is 6.42 Å². The summed E-state index contributed by atoms with van der Waals surface area (Å²) in [6.07, 6.45) is -0.342. The molecule has 14 heteroatoms. The molecule has 0 fully saturated rings. The summed E-state index contributed by atoms with van der Waals surface area (Å²) in [4.78, 5) is 31.6. The normalized spacial score (nSPS) is 16.7. The van der Waals surface area contributed by atoms with Crippen LogP contribution in [0.3, 0.4) is 0 Å². The molecule has 1 aromatic heterocycles. The lowest BCUT2D eigenvalue weighted by molar-refractivity contribution is -0.538. The van der Waals surface area contributed by atoms with Gasteiger partial charge in [-0.1, -0.05) is 19.0 Å². The summed E-state index contributed by atoms with van der Waals surface area (Å²) < 4.78 is 33.7. The first kappa shape index (κ1) is 28.1. The zero-order valence-electron chi connectivity index (χ0n) is 21.8. The summed E-state index contributed by atoms with van der Waals surface area (Å²) in [5.74, 6) is 1.40. The molecule has 0 saturated heterocycles. The lowest BCUT2D eigenvalue weighted by Gasteiger charge is -2.34. The van der Waals surface area contributed by atoms with Crippen LogP contribution in [0.15, 0.2) is 22.9 Å². The number of carbonyl (C=O) groups excluding carboxylic acids is 2. The van der Waals surface area contributed by atoms with Crippen molar-refractivity contribution in [3.05, 3.63) is 17.8 Å². The second kappa shape index (κ2) is 13.1. The summed E-state index contributed by atoms with van der Waals surface area (Å²) in [6.45, 7) is 9.95. The number of nitrogen functional groups attached to an aromatic ring is 1. The van der Waals surface area contributed by atoms with Crippen molar-refractivity contribution in [1.29, 1.82) is 0 Å². The molecule has 0 aliphatic carbocycles. The van der Waals surface area contributed by atoms with Gasteiger partial charge in [0.1, 0.15) is 24.5 Å². The van der Waals surface area contributed by atoms with E-state index in [1.54, 1.807) is 18.5 Å². The van der Waals surface area contributed by atoms with Crippen LogP contribution in [-0.2, 0) is 33.2 Å². The van der Waals surface area contributed by atoms with Gasteiger partial charge in [-0.15, -0.1) is 4.70 Å². The minimum atomic E-state index is -0.849. The Kier molecular flexibility index (Phi) is 9.97. The molecule has 204 valence electrons. The number of nitrogens with one attached hydrogen (secondary N) is 1. The van der Waals surface area contributed by atoms with Crippen LogP contribution in [0.4, 0.5) is 22.1 Å². The Hall–Kier alpha value is -3.52. The van der Waals surface area contributed by atoms with Crippen LogP contribution in [-0.4, -0.2) is 78.4 Å². The minimum Gasteiger partial charge on any atom is -0.464 e. The number of anilines is 1. The van der Waals surface area contributed by atoms with Crippen LogP contribution in [0.5, 0.6) is 0 Å². The van der Waals surface area contributed by atoms with Gasteiger partial charge >= 0.3 is 17.9 Å². The van der Waals surface area contributed by atoms with Crippen LogP contribution in [0.2, 0.25) is 0 Å². The van der Waals surface area contributed by atoms with Gasteiger partial charge in [0.25, 0.3) is 0 Å². The highest BCUT2D eigenvalue weighted by Gasteiger charge is 2.35. The van der Waals surface area contributed by atoms with Gasteiger partial charge in [-0.05, 0) is 31.7 Å². The maximum atomic E-state index is 12.0. The van der Waals surface area contributed by atoms with E-state index >= 15 is 0 Å². The third kappa shape index (κ3) is 8.25. The number of azo groups is 2. The molecule has 0 spiro atoms. The van der Waals surface area contributed by atoms with Crippen molar-refractivity contribution in [3.8, 4) is 0 Å². The number of hydrogen-bond donors (Lipinski definition) is 2. The summed E-state index contributed by atoms with van der Waals surface area (Å²) in [7, 11) is 0. The average molecular weight is 524 g/mol. The highest BCUT2D eigenvalue weighted by Crippen LogP contribution is 2.38. The van der Waals surface area contributed by atoms with Crippen molar-refractivity contribution in [1.82, 2.24) is 15.3 Å². The molecule has 3 N–H and O–H groups in total. The summed E-state index contributed by atoms with van der Waals surface area (Å²) >= 11 is 0. The molecule has 0 aromatic carbocycles. The van der Waals surface area contributed by atoms with Crippen molar-refractivity contribution in [2.75, 3.05) is 38.8 Å². The second-order valence-electron chi connectivity index (χ2n) is 9.11. The fourth-order valence-corrected chi connectivity index (χ4v) is 3.23. The van der Waals surface area contributed by atoms with Gasteiger partial charge in [0.05, 0.1) is 25.4 Å².